The summed E-state index contributed by atoms with van der Waals surface area (Å²) < 4.78 is 0. The lowest BCUT2D eigenvalue weighted by Crippen LogP contribution is -2.43. The molecule has 98 valence electrons. The largest absolute Gasteiger partial charge is 0.312 e. The molecule has 1 aliphatic heterocycles. The standard InChI is InChI=1S/C14H25ClN2/c1-12(15)10-17-9-5-8-16-14(11-17)13-6-3-2-4-7-13/h13-14,16H,1-11H2. The fourth-order valence-corrected chi connectivity index (χ4v) is 3.43. The summed E-state index contributed by atoms with van der Waals surface area (Å²) in [5.74, 6) is 0.882. The summed E-state index contributed by atoms with van der Waals surface area (Å²) in [5.41, 5.74) is 0. The molecule has 1 saturated heterocycles. The average Bonchev–Trinajstić information content (AvgIpc) is 2.55. The normalized spacial score (nSPS) is 28.9. The van der Waals surface area contributed by atoms with Crippen LogP contribution in [0.4, 0.5) is 0 Å². The minimum Gasteiger partial charge on any atom is -0.312 e. The first-order chi connectivity index (χ1) is 8.25. The van der Waals surface area contributed by atoms with E-state index in [0.717, 1.165) is 37.1 Å². The van der Waals surface area contributed by atoms with Gasteiger partial charge >= 0.3 is 0 Å². The van der Waals surface area contributed by atoms with Crippen molar-refractivity contribution < 1.29 is 0 Å². The van der Waals surface area contributed by atoms with Gasteiger partial charge in [-0.25, -0.2) is 0 Å². The van der Waals surface area contributed by atoms with Crippen LogP contribution in [0.15, 0.2) is 11.6 Å². The Labute approximate surface area is 110 Å². The summed E-state index contributed by atoms with van der Waals surface area (Å²) in [5, 5.41) is 4.51. The van der Waals surface area contributed by atoms with Gasteiger partial charge in [-0.1, -0.05) is 37.4 Å². The average molecular weight is 257 g/mol. The Morgan fingerprint density at radius 2 is 2.00 bits per heavy atom. The van der Waals surface area contributed by atoms with Gasteiger partial charge in [0.15, 0.2) is 0 Å². The summed E-state index contributed by atoms with van der Waals surface area (Å²) in [6.45, 7) is 8.14. The summed E-state index contributed by atoms with van der Waals surface area (Å²) in [6.07, 6.45) is 8.33. The maximum atomic E-state index is 5.94. The zero-order valence-electron chi connectivity index (χ0n) is 10.8. The molecule has 2 fully saturated rings. The minimum absolute atomic E-state index is 0.675. The van der Waals surface area contributed by atoms with E-state index in [1.807, 2.05) is 0 Å². The lowest BCUT2D eigenvalue weighted by atomic mass is 9.83. The smallest absolute Gasteiger partial charge is 0.0336 e. The van der Waals surface area contributed by atoms with E-state index in [4.69, 9.17) is 11.6 Å². The molecule has 1 aliphatic carbocycles. The van der Waals surface area contributed by atoms with Crippen LogP contribution in [-0.4, -0.2) is 37.1 Å². The van der Waals surface area contributed by atoms with Crippen LogP contribution in [-0.2, 0) is 0 Å². The van der Waals surface area contributed by atoms with Crippen LogP contribution in [0.2, 0.25) is 0 Å². The molecule has 2 aliphatic rings. The molecule has 0 spiro atoms. The fourth-order valence-electron chi connectivity index (χ4n) is 3.26. The Kier molecular flexibility index (Phi) is 5.33. The highest BCUT2D eigenvalue weighted by Crippen LogP contribution is 2.27. The van der Waals surface area contributed by atoms with Crippen LogP contribution in [0, 0.1) is 5.92 Å². The molecule has 17 heavy (non-hydrogen) atoms. The third-order valence-corrected chi connectivity index (χ3v) is 4.25. The Hall–Kier alpha value is -0.0500. The van der Waals surface area contributed by atoms with E-state index >= 15 is 0 Å². The first-order valence-electron chi connectivity index (χ1n) is 7.05. The molecule has 0 amide bonds. The van der Waals surface area contributed by atoms with Crippen LogP contribution >= 0.6 is 11.6 Å². The quantitative estimate of drug-likeness (QED) is 0.835. The first-order valence-corrected chi connectivity index (χ1v) is 7.42. The van der Waals surface area contributed by atoms with Crippen molar-refractivity contribution in [1.82, 2.24) is 10.2 Å². The molecule has 1 unspecified atom stereocenters. The van der Waals surface area contributed by atoms with Crippen molar-refractivity contribution in [3.8, 4) is 0 Å². The van der Waals surface area contributed by atoms with Crippen LogP contribution in [0.3, 0.4) is 0 Å². The highest BCUT2D eigenvalue weighted by Gasteiger charge is 2.26. The van der Waals surface area contributed by atoms with Gasteiger partial charge in [-0.3, -0.25) is 4.90 Å². The van der Waals surface area contributed by atoms with E-state index < -0.39 is 0 Å². The van der Waals surface area contributed by atoms with Gasteiger partial charge < -0.3 is 5.32 Å². The second kappa shape index (κ2) is 6.77. The second-order valence-electron chi connectivity index (χ2n) is 5.56. The summed E-state index contributed by atoms with van der Waals surface area (Å²) in [6, 6.07) is 0.675. The molecule has 0 aromatic heterocycles. The van der Waals surface area contributed by atoms with Crippen LogP contribution in [0.5, 0.6) is 0 Å². The minimum atomic E-state index is 0.675. The van der Waals surface area contributed by atoms with Crippen molar-refractivity contribution in [1.29, 1.82) is 0 Å². The van der Waals surface area contributed by atoms with Gasteiger partial charge in [0.05, 0.1) is 0 Å². The topological polar surface area (TPSA) is 15.3 Å². The van der Waals surface area contributed by atoms with Gasteiger partial charge in [0, 0.05) is 24.2 Å². The Bertz CT molecular complexity index is 249. The molecule has 0 bridgehead atoms. The van der Waals surface area contributed by atoms with Gasteiger partial charge in [-0.05, 0) is 38.3 Å². The zero-order chi connectivity index (χ0) is 12.1. The molecule has 0 radical (unpaired) electrons. The van der Waals surface area contributed by atoms with Crippen molar-refractivity contribution in [3.05, 3.63) is 11.6 Å². The highest BCUT2D eigenvalue weighted by molar-refractivity contribution is 6.29. The molecular weight excluding hydrogens is 232 g/mol. The SMILES string of the molecule is C=C(Cl)CN1CCCNC(C2CCCCC2)C1. The number of nitrogens with one attached hydrogen (secondary N) is 1. The molecule has 1 saturated carbocycles. The number of hydrogen-bond acceptors (Lipinski definition) is 2. The molecule has 0 aromatic rings. The predicted molar refractivity (Wildman–Crippen MR) is 74.4 cm³/mol. The third kappa shape index (κ3) is 4.27. The molecular formula is C14H25ClN2. The highest BCUT2D eigenvalue weighted by atomic mass is 35.5. The van der Waals surface area contributed by atoms with Crippen LogP contribution in [0.1, 0.15) is 38.5 Å². The Balaban J connectivity index is 1.88. The maximum absolute atomic E-state index is 5.94. The number of hydrogen-bond donors (Lipinski definition) is 1. The second-order valence-corrected chi connectivity index (χ2v) is 6.10. The van der Waals surface area contributed by atoms with Gasteiger partial charge in [-0.2, -0.15) is 0 Å². The monoisotopic (exact) mass is 256 g/mol. The lowest BCUT2D eigenvalue weighted by molar-refractivity contribution is 0.217. The van der Waals surface area contributed by atoms with E-state index in [0.29, 0.717) is 6.04 Å². The fraction of sp³-hybridized carbons (Fsp3) is 0.857. The van der Waals surface area contributed by atoms with Crippen molar-refractivity contribution in [2.45, 2.75) is 44.6 Å². The number of nitrogens with zero attached hydrogens (tertiary/aromatic N) is 1. The summed E-state index contributed by atoms with van der Waals surface area (Å²) in [4.78, 5) is 2.47. The molecule has 3 heteroatoms. The predicted octanol–water partition coefficient (Wildman–Crippen LogP) is 2.98. The maximum Gasteiger partial charge on any atom is 0.0336 e. The van der Waals surface area contributed by atoms with Crippen LogP contribution < -0.4 is 5.32 Å². The van der Waals surface area contributed by atoms with Gasteiger partial charge in [0.1, 0.15) is 0 Å². The Morgan fingerprint density at radius 1 is 1.24 bits per heavy atom. The van der Waals surface area contributed by atoms with E-state index in [-0.39, 0.29) is 0 Å². The lowest BCUT2D eigenvalue weighted by Gasteiger charge is -2.32. The number of rotatable bonds is 3. The van der Waals surface area contributed by atoms with Crippen LogP contribution in [0.25, 0.3) is 0 Å². The molecule has 2 rings (SSSR count). The summed E-state index contributed by atoms with van der Waals surface area (Å²) >= 11 is 5.94. The van der Waals surface area contributed by atoms with E-state index in [1.165, 1.54) is 38.5 Å². The van der Waals surface area contributed by atoms with E-state index in [2.05, 4.69) is 16.8 Å². The van der Waals surface area contributed by atoms with Gasteiger partial charge in [-0.15, -0.1) is 0 Å². The molecule has 1 N–H and O–H groups in total. The Morgan fingerprint density at radius 3 is 2.71 bits per heavy atom. The third-order valence-electron chi connectivity index (χ3n) is 4.13. The van der Waals surface area contributed by atoms with Gasteiger partial charge in [0.25, 0.3) is 0 Å². The number of halogens is 1. The van der Waals surface area contributed by atoms with E-state index in [9.17, 15) is 0 Å². The molecule has 2 nitrogen and oxygen atoms in total. The molecule has 1 heterocycles. The van der Waals surface area contributed by atoms with Crippen molar-refractivity contribution in [3.63, 3.8) is 0 Å². The van der Waals surface area contributed by atoms with E-state index in [1.54, 1.807) is 0 Å². The van der Waals surface area contributed by atoms with Crippen molar-refractivity contribution in [2.24, 2.45) is 5.92 Å². The van der Waals surface area contributed by atoms with Crippen molar-refractivity contribution in [2.75, 3.05) is 26.2 Å². The summed E-state index contributed by atoms with van der Waals surface area (Å²) in [7, 11) is 0. The molecule has 0 aromatic carbocycles. The molecule has 1 atom stereocenters. The van der Waals surface area contributed by atoms with Crippen molar-refractivity contribution >= 4 is 11.6 Å². The zero-order valence-corrected chi connectivity index (χ0v) is 11.5. The first kappa shape index (κ1) is 13.4. The van der Waals surface area contributed by atoms with Gasteiger partial charge in [0.2, 0.25) is 0 Å².